The van der Waals surface area contributed by atoms with Crippen LogP contribution in [0.3, 0.4) is 0 Å². The van der Waals surface area contributed by atoms with Crippen molar-refractivity contribution in [3.8, 4) is 39.1 Å². The summed E-state index contributed by atoms with van der Waals surface area (Å²) in [6.07, 6.45) is 11.1. The van der Waals surface area contributed by atoms with Gasteiger partial charge in [-0.2, -0.15) is 0 Å². The number of para-hydroxylation sites is 1. The number of anilines is 3. The van der Waals surface area contributed by atoms with Gasteiger partial charge in [-0.3, -0.25) is 0 Å². The third kappa shape index (κ3) is 7.62. The van der Waals surface area contributed by atoms with Gasteiger partial charge in [0, 0.05) is 45.3 Å². The van der Waals surface area contributed by atoms with Crippen LogP contribution in [0.4, 0.5) is 17.1 Å². The van der Waals surface area contributed by atoms with E-state index in [9.17, 15) is 0 Å². The van der Waals surface area contributed by atoms with Crippen molar-refractivity contribution in [2.24, 2.45) is 11.5 Å². The molecule has 300 valence electrons. The fourth-order valence-corrected chi connectivity index (χ4v) is 8.53. The lowest BCUT2D eigenvalue weighted by molar-refractivity contribution is 1.18. The van der Waals surface area contributed by atoms with E-state index in [1.54, 1.807) is 12.4 Å². The molecule has 9 rings (SSSR count). The van der Waals surface area contributed by atoms with Crippen molar-refractivity contribution in [1.29, 1.82) is 0 Å². The SMILES string of the molecule is C/C=C\C(=C/N)c1ccc(N(c2ccc(/C(C)=C/C=C\N)cc2)c2ccc(-c3ccc4c(c3)c3c(-c5ccccc5)ccc(-c5ccccc5)c3n4-c3ccccc3)cc2)cc1. The molecule has 0 aliphatic rings. The van der Waals surface area contributed by atoms with Crippen molar-refractivity contribution in [2.45, 2.75) is 13.8 Å². The Morgan fingerprint density at radius 2 is 1.06 bits per heavy atom. The monoisotopic (exact) mass is 800 g/mol. The molecule has 8 aromatic carbocycles. The van der Waals surface area contributed by atoms with Gasteiger partial charge in [0.15, 0.2) is 0 Å². The van der Waals surface area contributed by atoms with Crippen LogP contribution in [-0.2, 0) is 0 Å². The number of nitrogens with zero attached hydrogens (tertiary/aromatic N) is 2. The number of aromatic nitrogens is 1. The fraction of sp³-hybridized carbons (Fsp3) is 0.0345. The number of nitrogens with two attached hydrogens (primary N) is 2. The predicted octanol–water partition coefficient (Wildman–Crippen LogP) is 15.0. The molecule has 0 spiro atoms. The lowest BCUT2D eigenvalue weighted by Crippen LogP contribution is -2.10. The Hall–Kier alpha value is -8.08. The van der Waals surface area contributed by atoms with Gasteiger partial charge in [-0.25, -0.2) is 0 Å². The zero-order valence-electron chi connectivity index (χ0n) is 35.0. The second-order valence-corrected chi connectivity index (χ2v) is 15.4. The van der Waals surface area contributed by atoms with E-state index in [0.29, 0.717) is 0 Å². The molecule has 0 aliphatic carbocycles. The summed E-state index contributed by atoms with van der Waals surface area (Å²) >= 11 is 0. The molecule has 4 heteroatoms. The van der Waals surface area contributed by atoms with Gasteiger partial charge in [0.25, 0.3) is 0 Å². The van der Waals surface area contributed by atoms with Crippen molar-refractivity contribution < 1.29 is 0 Å². The molecule has 0 aliphatic heterocycles. The zero-order chi connectivity index (χ0) is 42.4. The Morgan fingerprint density at radius 1 is 0.532 bits per heavy atom. The van der Waals surface area contributed by atoms with Crippen molar-refractivity contribution in [3.63, 3.8) is 0 Å². The molecule has 1 heterocycles. The Kier molecular flexibility index (Phi) is 11.2. The third-order valence-corrected chi connectivity index (χ3v) is 11.6. The number of allylic oxidation sites excluding steroid dienone is 6. The van der Waals surface area contributed by atoms with Gasteiger partial charge in [-0.15, -0.1) is 0 Å². The Bertz CT molecular complexity index is 3100. The largest absolute Gasteiger partial charge is 0.405 e. The van der Waals surface area contributed by atoms with Crippen LogP contribution in [0.1, 0.15) is 25.0 Å². The number of hydrogen-bond acceptors (Lipinski definition) is 3. The molecule has 0 radical (unpaired) electrons. The first-order valence-electron chi connectivity index (χ1n) is 21.0. The van der Waals surface area contributed by atoms with Gasteiger partial charge in [0.05, 0.1) is 11.0 Å². The van der Waals surface area contributed by atoms with Gasteiger partial charge in [0.1, 0.15) is 0 Å². The minimum absolute atomic E-state index is 0.976. The highest BCUT2D eigenvalue weighted by Crippen LogP contribution is 2.45. The first kappa shape index (κ1) is 39.4. The summed E-state index contributed by atoms with van der Waals surface area (Å²) in [4.78, 5) is 2.30. The second kappa shape index (κ2) is 17.6. The summed E-state index contributed by atoms with van der Waals surface area (Å²) in [5.74, 6) is 0. The molecule has 0 bridgehead atoms. The molecule has 0 amide bonds. The van der Waals surface area contributed by atoms with Crippen molar-refractivity contribution >= 4 is 50.0 Å². The maximum Gasteiger partial charge on any atom is 0.0625 e. The topological polar surface area (TPSA) is 60.2 Å². The van der Waals surface area contributed by atoms with Gasteiger partial charge in [0.2, 0.25) is 0 Å². The first-order chi connectivity index (χ1) is 30.6. The number of fused-ring (bicyclic) bond motifs is 3. The number of hydrogen-bond donors (Lipinski definition) is 2. The lowest BCUT2D eigenvalue weighted by Gasteiger charge is -2.26. The minimum Gasteiger partial charge on any atom is -0.405 e. The van der Waals surface area contributed by atoms with Crippen molar-refractivity contribution in [2.75, 3.05) is 4.90 Å². The highest BCUT2D eigenvalue weighted by Gasteiger charge is 2.21. The van der Waals surface area contributed by atoms with Crippen LogP contribution in [0.15, 0.2) is 231 Å². The van der Waals surface area contributed by atoms with Gasteiger partial charge >= 0.3 is 0 Å². The highest BCUT2D eigenvalue weighted by molar-refractivity contribution is 6.20. The highest BCUT2D eigenvalue weighted by atomic mass is 15.1. The van der Waals surface area contributed by atoms with Crippen LogP contribution < -0.4 is 16.4 Å². The summed E-state index contributed by atoms with van der Waals surface area (Å²) in [7, 11) is 0. The van der Waals surface area contributed by atoms with Gasteiger partial charge < -0.3 is 20.9 Å². The fourth-order valence-electron chi connectivity index (χ4n) is 8.53. The number of benzene rings is 8. The molecular formula is C58H48N4. The standard InChI is InChI=1S/C58H48N4/c1-3-14-48(40-60)44-26-33-52(34-27-44)61(50-29-22-42(23-30-50)41(2)15-13-38-59)51-31-24-43(25-32-51)47-28-37-56-55(39-47)57-53(45-16-7-4-8-17-45)35-36-54(46-18-9-5-10-19-46)58(57)62(56)49-20-11-6-12-21-49/h3-40H,59-60H2,1-2H3/b14-3-,38-13-,41-15+,48-40+. The molecule has 1 aromatic heterocycles. The molecule has 0 atom stereocenters. The Balaban J connectivity index is 1.19. The molecule has 0 saturated carbocycles. The van der Waals surface area contributed by atoms with E-state index in [1.807, 2.05) is 31.2 Å². The van der Waals surface area contributed by atoms with E-state index in [0.717, 1.165) is 61.7 Å². The predicted molar refractivity (Wildman–Crippen MR) is 266 cm³/mol. The van der Waals surface area contributed by atoms with E-state index in [1.165, 1.54) is 38.5 Å². The molecule has 4 nitrogen and oxygen atoms in total. The molecule has 0 fully saturated rings. The van der Waals surface area contributed by atoms with Gasteiger partial charge in [-0.1, -0.05) is 152 Å². The van der Waals surface area contributed by atoms with E-state index in [4.69, 9.17) is 11.5 Å². The van der Waals surface area contributed by atoms with Crippen LogP contribution in [0, 0.1) is 0 Å². The van der Waals surface area contributed by atoms with E-state index >= 15 is 0 Å². The summed E-state index contributed by atoms with van der Waals surface area (Å²) in [6, 6.07) is 69.9. The summed E-state index contributed by atoms with van der Waals surface area (Å²) in [6.45, 7) is 4.10. The smallest absolute Gasteiger partial charge is 0.0625 e. The molecular weight excluding hydrogens is 753 g/mol. The maximum atomic E-state index is 6.01. The normalized spacial score (nSPS) is 12.2. The van der Waals surface area contributed by atoms with Crippen LogP contribution in [0.25, 0.3) is 72.0 Å². The summed E-state index contributed by atoms with van der Waals surface area (Å²) in [5.41, 5.74) is 29.7. The first-order valence-corrected chi connectivity index (χ1v) is 21.0. The average molecular weight is 801 g/mol. The molecule has 4 N–H and O–H groups in total. The second-order valence-electron chi connectivity index (χ2n) is 15.4. The van der Waals surface area contributed by atoms with E-state index < -0.39 is 0 Å². The third-order valence-electron chi connectivity index (χ3n) is 11.6. The minimum atomic E-state index is 0.976. The van der Waals surface area contributed by atoms with Gasteiger partial charge in [-0.05, 0) is 137 Å². The summed E-state index contributed by atoms with van der Waals surface area (Å²) in [5, 5.41) is 2.44. The molecule has 9 aromatic rings. The van der Waals surface area contributed by atoms with Crippen LogP contribution in [0.2, 0.25) is 0 Å². The lowest BCUT2D eigenvalue weighted by atomic mass is 9.93. The molecule has 0 saturated heterocycles. The maximum absolute atomic E-state index is 6.01. The Morgan fingerprint density at radius 3 is 1.65 bits per heavy atom. The van der Waals surface area contributed by atoms with E-state index in [2.05, 4.69) is 211 Å². The Labute approximate surface area is 364 Å². The molecule has 62 heavy (non-hydrogen) atoms. The average Bonchev–Trinajstić information content (AvgIpc) is 3.68. The summed E-state index contributed by atoms with van der Waals surface area (Å²) < 4.78 is 2.44. The van der Waals surface area contributed by atoms with Crippen LogP contribution >= 0.6 is 0 Å². The van der Waals surface area contributed by atoms with Crippen molar-refractivity contribution in [3.05, 3.63) is 242 Å². The van der Waals surface area contributed by atoms with Crippen LogP contribution in [-0.4, -0.2) is 4.57 Å². The van der Waals surface area contributed by atoms with Crippen molar-refractivity contribution in [1.82, 2.24) is 4.57 Å². The number of rotatable bonds is 11. The van der Waals surface area contributed by atoms with Crippen LogP contribution in [0.5, 0.6) is 0 Å². The molecule has 0 unspecified atom stereocenters. The van der Waals surface area contributed by atoms with E-state index in [-0.39, 0.29) is 0 Å². The zero-order valence-corrected chi connectivity index (χ0v) is 35.0. The quantitative estimate of drug-likeness (QED) is 0.128.